The number of carbonyl (C=O) groups is 1. The molecule has 0 saturated carbocycles. The molecule has 1 amide bonds. The summed E-state index contributed by atoms with van der Waals surface area (Å²) in [6.07, 6.45) is 2.39. The van der Waals surface area contributed by atoms with Crippen LogP contribution in [0.15, 0.2) is 52.4 Å². The van der Waals surface area contributed by atoms with Gasteiger partial charge < -0.3 is 9.47 Å². The maximum Gasteiger partial charge on any atom is 0.268 e. The van der Waals surface area contributed by atoms with Crippen LogP contribution in [0.2, 0.25) is 0 Å². The van der Waals surface area contributed by atoms with E-state index in [4.69, 9.17) is 9.47 Å². The largest absolute Gasteiger partial charge is 0.490 e. The number of anilines is 1. The van der Waals surface area contributed by atoms with Crippen LogP contribution in [0.25, 0.3) is 6.08 Å². The monoisotopic (exact) mass is 498 g/mol. The summed E-state index contributed by atoms with van der Waals surface area (Å²) >= 11 is 0.708. The minimum Gasteiger partial charge on any atom is -0.490 e. The number of amides is 1. The lowest BCUT2D eigenvalue weighted by Gasteiger charge is -2.10. The second-order valence-electron chi connectivity index (χ2n) is 7.28. The Labute approximate surface area is 201 Å². The molecule has 0 atom stereocenters. The third kappa shape index (κ3) is 6.87. The van der Waals surface area contributed by atoms with Gasteiger partial charge in [0.1, 0.15) is 36.4 Å². The molecule has 0 spiro atoms. The van der Waals surface area contributed by atoms with Gasteiger partial charge in [0.05, 0.1) is 0 Å². The van der Waals surface area contributed by atoms with Crippen LogP contribution < -0.4 is 14.8 Å². The number of sulfone groups is 1. The van der Waals surface area contributed by atoms with Crippen molar-refractivity contribution in [2.75, 3.05) is 24.8 Å². The lowest BCUT2D eigenvalue weighted by Crippen LogP contribution is -2.13. The van der Waals surface area contributed by atoms with Gasteiger partial charge in [0.15, 0.2) is 0 Å². The first-order valence-corrected chi connectivity index (χ1v) is 12.8. The molecule has 1 aromatic heterocycles. The van der Waals surface area contributed by atoms with Gasteiger partial charge in [-0.25, -0.2) is 8.42 Å². The van der Waals surface area contributed by atoms with E-state index in [1.54, 1.807) is 24.3 Å². The van der Waals surface area contributed by atoms with E-state index in [1.807, 2.05) is 38.1 Å². The van der Waals surface area contributed by atoms with Gasteiger partial charge >= 0.3 is 0 Å². The number of aromatic nitrogens is 2. The fourth-order valence-corrected chi connectivity index (χ4v) is 4.18. The van der Waals surface area contributed by atoms with Crippen LogP contribution in [0.3, 0.4) is 0 Å². The number of benzene rings is 2. The number of nitrogens with zero attached hydrogens (tertiary/aromatic N) is 3. The normalized spacial score (nSPS) is 11.5. The summed E-state index contributed by atoms with van der Waals surface area (Å²) in [5.74, 6) is 0.684. The number of hydrogen-bond donors (Lipinski definition) is 1. The van der Waals surface area contributed by atoms with Crippen molar-refractivity contribution >= 4 is 38.3 Å². The Hall–Kier alpha value is -3.75. The second-order valence-corrected chi connectivity index (χ2v) is 10.4. The standard InChI is InChI=1S/C23H22N4O5S2/c1-15-4-7-20(12-16(15)2)32-11-10-31-19-8-5-17(6-9-19)13-18(14-24)21(28)25-22-26-27-23(33-22)34(3,29)30/h4-9,12-13H,10-11H2,1-3H3,(H,25,26,28). The summed E-state index contributed by atoms with van der Waals surface area (Å²) in [4.78, 5) is 12.4. The van der Waals surface area contributed by atoms with Gasteiger partial charge in [0, 0.05) is 6.26 Å². The van der Waals surface area contributed by atoms with Gasteiger partial charge in [-0.05, 0) is 60.9 Å². The summed E-state index contributed by atoms with van der Waals surface area (Å²) in [5.41, 5.74) is 2.80. The number of nitriles is 1. The van der Waals surface area contributed by atoms with Crippen LogP contribution in [0.4, 0.5) is 5.13 Å². The molecule has 11 heteroatoms. The molecular weight excluding hydrogens is 476 g/mol. The molecule has 1 heterocycles. The van der Waals surface area contributed by atoms with E-state index in [-0.39, 0.29) is 15.0 Å². The first-order valence-electron chi connectivity index (χ1n) is 10.1. The average Bonchev–Trinajstić information content (AvgIpc) is 3.27. The minimum absolute atomic E-state index is 0.0154. The van der Waals surface area contributed by atoms with Gasteiger partial charge in [-0.1, -0.05) is 29.5 Å². The zero-order valence-corrected chi connectivity index (χ0v) is 20.4. The van der Waals surface area contributed by atoms with Crippen molar-refractivity contribution in [3.8, 4) is 17.6 Å². The Kier molecular flexibility index (Phi) is 7.99. The topological polar surface area (TPSA) is 131 Å². The molecule has 0 fully saturated rings. The first kappa shape index (κ1) is 24.9. The van der Waals surface area contributed by atoms with Gasteiger partial charge in [0.25, 0.3) is 5.91 Å². The van der Waals surface area contributed by atoms with E-state index in [0.29, 0.717) is 35.9 Å². The lowest BCUT2D eigenvalue weighted by molar-refractivity contribution is -0.112. The Bertz CT molecular complexity index is 1360. The van der Waals surface area contributed by atoms with Gasteiger partial charge in [-0.2, -0.15) is 5.26 Å². The summed E-state index contributed by atoms with van der Waals surface area (Å²) in [6.45, 7) is 4.81. The van der Waals surface area contributed by atoms with Crippen LogP contribution in [0, 0.1) is 25.2 Å². The van der Waals surface area contributed by atoms with Crippen LogP contribution in [-0.4, -0.2) is 44.0 Å². The average molecular weight is 499 g/mol. The van der Waals surface area contributed by atoms with Crippen molar-refractivity contribution in [2.24, 2.45) is 0 Å². The minimum atomic E-state index is -3.53. The predicted molar refractivity (Wildman–Crippen MR) is 129 cm³/mol. The van der Waals surface area contributed by atoms with Crippen molar-refractivity contribution in [1.82, 2.24) is 10.2 Å². The maximum atomic E-state index is 12.4. The molecule has 3 rings (SSSR count). The van der Waals surface area contributed by atoms with E-state index in [2.05, 4.69) is 15.5 Å². The summed E-state index contributed by atoms with van der Waals surface area (Å²) in [7, 11) is -3.53. The van der Waals surface area contributed by atoms with E-state index in [1.165, 1.54) is 11.6 Å². The highest BCUT2D eigenvalue weighted by molar-refractivity contribution is 7.92. The summed E-state index contributed by atoms with van der Waals surface area (Å²) < 4.78 is 34.1. The van der Waals surface area contributed by atoms with Gasteiger partial charge in [0.2, 0.25) is 19.3 Å². The van der Waals surface area contributed by atoms with Gasteiger partial charge in [-0.3, -0.25) is 10.1 Å². The molecule has 0 aliphatic rings. The highest BCUT2D eigenvalue weighted by Gasteiger charge is 2.17. The highest BCUT2D eigenvalue weighted by atomic mass is 32.2. The maximum absolute atomic E-state index is 12.4. The third-order valence-corrected chi connectivity index (χ3v) is 7.11. The first-order chi connectivity index (χ1) is 16.2. The fourth-order valence-electron chi connectivity index (χ4n) is 2.67. The van der Waals surface area contributed by atoms with Crippen LogP contribution in [0.5, 0.6) is 11.5 Å². The van der Waals surface area contributed by atoms with Crippen LogP contribution in [0.1, 0.15) is 16.7 Å². The molecule has 0 saturated heterocycles. The Balaban J connectivity index is 1.54. The van der Waals surface area contributed by atoms with Crippen molar-refractivity contribution in [1.29, 1.82) is 5.26 Å². The van der Waals surface area contributed by atoms with Crippen LogP contribution >= 0.6 is 11.3 Å². The van der Waals surface area contributed by atoms with Gasteiger partial charge in [-0.15, -0.1) is 10.2 Å². The fraction of sp³-hybridized carbons (Fsp3) is 0.217. The second kappa shape index (κ2) is 10.9. The molecule has 0 unspecified atom stereocenters. The van der Waals surface area contributed by atoms with Crippen molar-refractivity contribution < 1.29 is 22.7 Å². The quantitative estimate of drug-likeness (QED) is 0.205. The Morgan fingerprint density at radius 2 is 1.71 bits per heavy atom. The van der Waals surface area contributed by atoms with E-state index < -0.39 is 15.7 Å². The number of carbonyl (C=O) groups excluding carboxylic acids is 1. The zero-order valence-electron chi connectivity index (χ0n) is 18.7. The predicted octanol–water partition coefficient (Wildman–Crippen LogP) is 3.56. The smallest absolute Gasteiger partial charge is 0.268 e. The number of nitrogens with one attached hydrogen (secondary N) is 1. The van der Waals surface area contributed by atoms with E-state index in [9.17, 15) is 18.5 Å². The zero-order chi connectivity index (χ0) is 24.7. The summed E-state index contributed by atoms with van der Waals surface area (Å²) in [5, 5.41) is 18.8. The summed E-state index contributed by atoms with van der Waals surface area (Å²) in [6, 6.07) is 14.6. The van der Waals surface area contributed by atoms with Crippen molar-refractivity contribution in [3.63, 3.8) is 0 Å². The van der Waals surface area contributed by atoms with Crippen molar-refractivity contribution in [2.45, 2.75) is 18.2 Å². The number of rotatable bonds is 9. The Morgan fingerprint density at radius 1 is 1.06 bits per heavy atom. The molecule has 0 radical (unpaired) electrons. The number of aryl methyl sites for hydroxylation is 2. The molecular formula is C23H22N4O5S2. The molecule has 0 aliphatic carbocycles. The van der Waals surface area contributed by atoms with Crippen molar-refractivity contribution in [3.05, 3.63) is 64.7 Å². The molecule has 0 aliphatic heterocycles. The van der Waals surface area contributed by atoms with Crippen LogP contribution in [-0.2, 0) is 14.6 Å². The molecule has 3 aromatic rings. The highest BCUT2D eigenvalue weighted by Crippen LogP contribution is 2.21. The SMILES string of the molecule is Cc1ccc(OCCOc2ccc(C=C(C#N)C(=O)Nc3nnc(S(C)(=O)=O)s3)cc2)cc1C. The third-order valence-electron chi connectivity index (χ3n) is 4.60. The molecule has 2 aromatic carbocycles. The van der Waals surface area contributed by atoms with E-state index >= 15 is 0 Å². The molecule has 176 valence electrons. The lowest BCUT2D eigenvalue weighted by atomic mass is 10.1. The Morgan fingerprint density at radius 3 is 2.29 bits per heavy atom. The molecule has 9 nitrogen and oxygen atoms in total. The molecule has 0 bridgehead atoms. The van der Waals surface area contributed by atoms with E-state index in [0.717, 1.165) is 17.6 Å². The molecule has 34 heavy (non-hydrogen) atoms. The number of ether oxygens (including phenoxy) is 2. The number of hydrogen-bond acceptors (Lipinski definition) is 9. The molecule has 1 N–H and O–H groups in total.